The maximum Gasteiger partial charge on any atom is 0.342 e. The fourth-order valence-corrected chi connectivity index (χ4v) is 3.00. The second kappa shape index (κ2) is 7.22. The molecule has 10 nitrogen and oxygen atoms in total. The molecular formula is C12H16N6O4S. The summed E-state index contributed by atoms with van der Waals surface area (Å²) in [6.45, 7) is 4.38. The van der Waals surface area contributed by atoms with E-state index in [2.05, 4.69) is 9.97 Å². The van der Waals surface area contributed by atoms with Crippen LogP contribution < -0.4 is 0 Å². The average molecular weight is 340 g/mol. The fourth-order valence-electron chi connectivity index (χ4n) is 2.17. The average Bonchev–Trinajstić information content (AvgIpc) is 3.03. The van der Waals surface area contributed by atoms with Crippen LogP contribution in [0.4, 0.5) is 11.6 Å². The van der Waals surface area contributed by atoms with Crippen molar-refractivity contribution in [2.45, 2.75) is 26.9 Å². The zero-order valence-electron chi connectivity index (χ0n) is 12.7. The van der Waals surface area contributed by atoms with E-state index < -0.39 is 9.85 Å². The molecule has 0 radical (unpaired) electrons. The van der Waals surface area contributed by atoms with Gasteiger partial charge in [0.15, 0.2) is 11.6 Å². The zero-order chi connectivity index (χ0) is 17.0. The number of nitrogens with zero attached hydrogens (tertiary/aromatic N) is 6. The lowest BCUT2D eigenvalue weighted by molar-refractivity contribution is -0.392. The summed E-state index contributed by atoms with van der Waals surface area (Å²) in [4.78, 5) is 28.7. The van der Waals surface area contributed by atoms with Gasteiger partial charge in [-0.2, -0.15) is 11.8 Å². The van der Waals surface area contributed by atoms with Gasteiger partial charge in [-0.3, -0.25) is 0 Å². The first kappa shape index (κ1) is 16.9. The van der Waals surface area contributed by atoms with E-state index in [1.165, 1.54) is 12.4 Å². The molecule has 0 aliphatic rings. The van der Waals surface area contributed by atoms with Crippen LogP contribution in [0, 0.1) is 34.1 Å². The molecule has 0 saturated heterocycles. The smallest absolute Gasteiger partial charge is 0.342 e. The Balaban J connectivity index is 1.85. The highest BCUT2D eigenvalue weighted by Gasteiger charge is 2.18. The van der Waals surface area contributed by atoms with Gasteiger partial charge in [0.1, 0.15) is 25.5 Å². The van der Waals surface area contributed by atoms with Gasteiger partial charge in [0.2, 0.25) is 0 Å². The Morgan fingerprint density at radius 3 is 1.70 bits per heavy atom. The van der Waals surface area contributed by atoms with Crippen molar-refractivity contribution in [3.05, 3.63) is 44.3 Å². The molecule has 0 bridgehead atoms. The van der Waals surface area contributed by atoms with Crippen LogP contribution in [-0.2, 0) is 13.1 Å². The van der Waals surface area contributed by atoms with E-state index >= 15 is 0 Å². The van der Waals surface area contributed by atoms with Crippen LogP contribution in [0.3, 0.4) is 0 Å². The Labute approximate surface area is 135 Å². The molecule has 0 aliphatic heterocycles. The SMILES string of the molecule is Cc1ncc([N+](=O)[O-])n1CCSCCn1c([N+](=O)[O-])cnc1C. The molecule has 124 valence electrons. The molecule has 0 aromatic carbocycles. The molecule has 2 rings (SSSR count). The van der Waals surface area contributed by atoms with E-state index in [0.29, 0.717) is 36.2 Å². The van der Waals surface area contributed by atoms with E-state index in [9.17, 15) is 20.2 Å². The molecular weight excluding hydrogens is 324 g/mol. The van der Waals surface area contributed by atoms with Crippen LogP contribution in [0.2, 0.25) is 0 Å². The molecule has 0 amide bonds. The first-order valence-electron chi connectivity index (χ1n) is 6.82. The molecule has 0 N–H and O–H groups in total. The standard InChI is InChI=1S/C12H16N6O4S/c1-9-13-7-11(17(19)20)15(9)3-5-23-6-4-16-10(2)14-8-12(16)18(21)22/h7-8H,3-6H2,1-2H3. The summed E-state index contributed by atoms with van der Waals surface area (Å²) in [5.41, 5.74) is 0. The molecule has 2 aromatic heterocycles. The number of rotatable bonds is 8. The van der Waals surface area contributed by atoms with Gasteiger partial charge in [-0.25, -0.2) is 19.1 Å². The largest absolute Gasteiger partial charge is 0.358 e. The molecule has 11 heteroatoms. The van der Waals surface area contributed by atoms with Crippen molar-refractivity contribution < 1.29 is 9.85 Å². The van der Waals surface area contributed by atoms with Gasteiger partial charge in [-0.15, -0.1) is 0 Å². The number of hydrogen-bond acceptors (Lipinski definition) is 7. The normalized spacial score (nSPS) is 10.9. The van der Waals surface area contributed by atoms with Crippen molar-refractivity contribution in [3.63, 3.8) is 0 Å². The minimum atomic E-state index is -0.455. The monoisotopic (exact) mass is 340 g/mol. The predicted molar refractivity (Wildman–Crippen MR) is 84.6 cm³/mol. The first-order chi connectivity index (χ1) is 10.9. The predicted octanol–water partition coefficient (Wildman–Crippen LogP) is 1.95. The lowest BCUT2D eigenvalue weighted by atomic mass is 10.6. The van der Waals surface area contributed by atoms with Crippen LogP contribution in [0.5, 0.6) is 0 Å². The van der Waals surface area contributed by atoms with Gasteiger partial charge in [0.05, 0.1) is 0 Å². The Kier molecular flexibility index (Phi) is 5.32. The summed E-state index contributed by atoms with van der Waals surface area (Å²) in [5.74, 6) is 2.45. The van der Waals surface area contributed by atoms with E-state index in [1.807, 2.05) is 0 Å². The topological polar surface area (TPSA) is 122 Å². The first-order valence-corrected chi connectivity index (χ1v) is 7.98. The Morgan fingerprint density at radius 1 is 0.957 bits per heavy atom. The van der Waals surface area contributed by atoms with Crippen molar-refractivity contribution in [2.24, 2.45) is 0 Å². The number of nitro groups is 2. The summed E-state index contributed by atoms with van der Waals surface area (Å²) in [5, 5.41) is 21.8. The zero-order valence-corrected chi connectivity index (χ0v) is 13.5. The second-order valence-electron chi connectivity index (χ2n) is 4.76. The number of hydrogen-bond donors (Lipinski definition) is 0. The molecule has 2 aromatic rings. The van der Waals surface area contributed by atoms with Gasteiger partial charge in [-0.1, -0.05) is 0 Å². The quantitative estimate of drug-likeness (QED) is 0.409. The highest BCUT2D eigenvalue weighted by atomic mass is 32.2. The van der Waals surface area contributed by atoms with Crippen molar-refractivity contribution >= 4 is 23.4 Å². The number of aromatic nitrogens is 4. The van der Waals surface area contributed by atoms with Gasteiger partial charge in [-0.05, 0) is 9.85 Å². The van der Waals surface area contributed by atoms with Gasteiger partial charge >= 0.3 is 11.6 Å². The van der Waals surface area contributed by atoms with E-state index in [4.69, 9.17) is 0 Å². The van der Waals surface area contributed by atoms with Crippen LogP contribution in [0.15, 0.2) is 12.4 Å². The molecule has 0 aliphatic carbocycles. The third-order valence-electron chi connectivity index (χ3n) is 3.36. The molecule has 0 atom stereocenters. The van der Waals surface area contributed by atoms with Crippen molar-refractivity contribution in [3.8, 4) is 0 Å². The summed E-state index contributed by atoms with van der Waals surface area (Å²) in [6, 6.07) is 0. The number of thioether (sulfide) groups is 1. The molecule has 0 fully saturated rings. The lowest BCUT2D eigenvalue weighted by Gasteiger charge is -2.04. The summed E-state index contributed by atoms with van der Waals surface area (Å²) >= 11 is 1.57. The van der Waals surface area contributed by atoms with Crippen molar-refractivity contribution in [2.75, 3.05) is 11.5 Å². The van der Waals surface area contributed by atoms with Crippen LogP contribution >= 0.6 is 11.8 Å². The van der Waals surface area contributed by atoms with E-state index in [-0.39, 0.29) is 11.6 Å². The summed E-state index contributed by atoms with van der Waals surface area (Å²) < 4.78 is 3.11. The minimum Gasteiger partial charge on any atom is -0.358 e. The van der Waals surface area contributed by atoms with Gasteiger partial charge in [0.25, 0.3) is 0 Å². The molecule has 0 unspecified atom stereocenters. The number of aryl methyl sites for hydroxylation is 2. The molecule has 23 heavy (non-hydrogen) atoms. The van der Waals surface area contributed by atoms with E-state index in [1.54, 1.807) is 34.7 Å². The summed E-state index contributed by atoms with van der Waals surface area (Å²) in [7, 11) is 0. The van der Waals surface area contributed by atoms with Gasteiger partial charge in [0, 0.05) is 25.4 Å². The van der Waals surface area contributed by atoms with Crippen LogP contribution in [0.25, 0.3) is 0 Å². The number of imidazole rings is 2. The highest BCUT2D eigenvalue weighted by Crippen LogP contribution is 2.17. The fraction of sp³-hybridized carbons (Fsp3) is 0.500. The maximum atomic E-state index is 10.9. The van der Waals surface area contributed by atoms with Gasteiger partial charge < -0.3 is 20.2 Å². The second-order valence-corrected chi connectivity index (χ2v) is 5.98. The third-order valence-corrected chi connectivity index (χ3v) is 4.30. The Morgan fingerprint density at radius 2 is 1.35 bits per heavy atom. The maximum absolute atomic E-state index is 10.9. The summed E-state index contributed by atoms with van der Waals surface area (Å²) in [6.07, 6.45) is 2.50. The van der Waals surface area contributed by atoms with E-state index in [0.717, 1.165) is 0 Å². The van der Waals surface area contributed by atoms with Crippen molar-refractivity contribution in [1.82, 2.24) is 19.1 Å². The molecule has 0 saturated carbocycles. The molecule has 0 spiro atoms. The Bertz CT molecular complexity index is 665. The third kappa shape index (κ3) is 3.86. The minimum absolute atomic E-state index is 0.0239. The highest BCUT2D eigenvalue weighted by molar-refractivity contribution is 7.99. The van der Waals surface area contributed by atoms with Crippen LogP contribution in [0.1, 0.15) is 11.6 Å². The molecule has 2 heterocycles. The lowest BCUT2D eigenvalue weighted by Crippen LogP contribution is -2.09. The van der Waals surface area contributed by atoms with Crippen LogP contribution in [-0.4, -0.2) is 40.5 Å². The Hall–Kier alpha value is -2.43. The van der Waals surface area contributed by atoms with Crippen molar-refractivity contribution in [1.29, 1.82) is 0 Å².